The number of nitrogens with zero attached hydrogens (tertiary/aromatic N) is 3. The van der Waals surface area contributed by atoms with Crippen LogP contribution in [0.15, 0.2) is 47.8 Å². The van der Waals surface area contributed by atoms with Gasteiger partial charge in [-0.1, -0.05) is 0 Å². The zero-order valence-corrected chi connectivity index (χ0v) is 16.8. The molecule has 1 saturated carbocycles. The molecule has 7 heteroatoms. The lowest BCUT2D eigenvalue weighted by Gasteiger charge is -2.13. The van der Waals surface area contributed by atoms with Crippen LogP contribution in [-0.4, -0.2) is 35.7 Å². The Hall–Kier alpha value is -1.77. The molecule has 1 aliphatic rings. The van der Waals surface area contributed by atoms with Crippen LogP contribution in [0.1, 0.15) is 18.4 Å². The molecule has 0 amide bonds. The highest BCUT2D eigenvalue weighted by molar-refractivity contribution is 14.0. The van der Waals surface area contributed by atoms with Gasteiger partial charge in [-0.2, -0.15) is 0 Å². The zero-order valence-electron chi connectivity index (χ0n) is 14.5. The molecule has 0 aliphatic heterocycles. The SMILES string of the molecule is CN=C(NCCn1cccc1)NCc1ccnc(OCC2CC2)c1.I. The van der Waals surface area contributed by atoms with Crippen molar-refractivity contribution >= 4 is 29.9 Å². The van der Waals surface area contributed by atoms with Crippen molar-refractivity contribution in [3.63, 3.8) is 0 Å². The molecule has 0 saturated heterocycles. The van der Waals surface area contributed by atoms with E-state index in [1.165, 1.54) is 12.8 Å². The topological polar surface area (TPSA) is 63.5 Å². The predicted molar refractivity (Wildman–Crippen MR) is 111 cm³/mol. The van der Waals surface area contributed by atoms with Crippen molar-refractivity contribution < 1.29 is 4.74 Å². The van der Waals surface area contributed by atoms with Crippen LogP contribution in [-0.2, 0) is 13.1 Å². The molecule has 2 N–H and O–H groups in total. The van der Waals surface area contributed by atoms with Gasteiger partial charge in [0.05, 0.1) is 6.61 Å². The predicted octanol–water partition coefficient (Wildman–Crippen LogP) is 2.66. The van der Waals surface area contributed by atoms with Gasteiger partial charge in [0.1, 0.15) is 0 Å². The summed E-state index contributed by atoms with van der Waals surface area (Å²) in [5.41, 5.74) is 1.13. The Labute approximate surface area is 166 Å². The molecule has 1 fully saturated rings. The fourth-order valence-electron chi connectivity index (χ4n) is 2.36. The first kappa shape index (κ1) is 19.6. The van der Waals surface area contributed by atoms with E-state index in [9.17, 15) is 0 Å². The number of aliphatic imine (C=N–C) groups is 1. The second kappa shape index (κ2) is 10.3. The summed E-state index contributed by atoms with van der Waals surface area (Å²) in [5.74, 6) is 2.23. The number of nitrogens with one attached hydrogen (secondary N) is 2. The minimum atomic E-state index is 0. The Morgan fingerprint density at radius 2 is 2.12 bits per heavy atom. The Balaban J connectivity index is 0.00000225. The van der Waals surface area contributed by atoms with Crippen molar-refractivity contribution in [1.29, 1.82) is 0 Å². The van der Waals surface area contributed by atoms with Crippen molar-refractivity contribution in [2.24, 2.45) is 10.9 Å². The Morgan fingerprint density at radius 1 is 1.32 bits per heavy atom. The summed E-state index contributed by atoms with van der Waals surface area (Å²) in [5, 5.41) is 6.63. The average Bonchev–Trinajstić information content (AvgIpc) is 3.30. The molecular formula is C18H26IN5O. The molecule has 0 bridgehead atoms. The van der Waals surface area contributed by atoms with Crippen LogP contribution in [0, 0.1) is 5.92 Å². The molecule has 1 aliphatic carbocycles. The van der Waals surface area contributed by atoms with Gasteiger partial charge in [0.2, 0.25) is 5.88 Å². The summed E-state index contributed by atoms with van der Waals surface area (Å²) in [6.45, 7) is 3.20. The fraction of sp³-hybridized carbons (Fsp3) is 0.444. The van der Waals surface area contributed by atoms with Gasteiger partial charge in [0.25, 0.3) is 0 Å². The standard InChI is InChI=1S/C18H25N5O.HI/c1-19-18(21-8-11-23-9-2-3-10-23)22-13-16-6-7-20-17(12-16)24-14-15-4-5-15;/h2-3,6-7,9-10,12,15H,4-5,8,11,13-14H2,1H3,(H2,19,21,22);1H. The molecule has 3 rings (SSSR count). The van der Waals surface area contributed by atoms with Gasteiger partial charge in [-0.3, -0.25) is 4.99 Å². The molecule has 25 heavy (non-hydrogen) atoms. The summed E-state index contributed by atoms with van der Waals surface area (Å²) in [6.07, 6.45) is 8.47. The maximum absolute atomic E-state index is 5.72. The Bertz CT molecular complexity index is 655. The zero-order chi connectivity index (χ0) is 16.6. The maximum Gasteiger partial charge on any atom is 0.213 e. The van der Waals surface area contributed by atoms with Crippen LogP contribution in [0.4, 0.5) is 0 Å². The number of hydrogen-bond donors (Lipinski definition) is 2. The van der Waals surface area contributed by atoms with E-state index < -0.39 is 0 Å². The highest BCUT2D eigenvalue weighted by atomic mass is 127. The lowest BCUT2D eigenvalue weighted by Crippen LogP contribution is -2.38. The van der Waals surface area contributed by atoms with E-state index in [1.807, 2.05) is 24.3 Å². The van der Waals surface area contributed by atoms with Gasteiger partial charge in [0.15, 0.2) is 5.96 Å². The number of pyridine rings is 1. The first-order valence-corrected chi connectivity index (χ1v) is 8.46. The molecule has 0 unspecified atom stereocenters. The van der Waals surface area contributed by atoms with Crippen LogP contribution in [0.2, 0.25) is 0 Å². The summed E-state index contributed by atoms with van der Waals surface area (Å²) in [4.78, 5) is 8.52. The molecule has 0 radical (unpaired) electrons. The molecular weight excluding hydrogens is 429 g/mol. The molecule has 2 aromatic rings. The number of aromatic nitrogens is 2. The second-order valence-electron chi connectivity index (χ2n) is 6.03. The smallest absolute Gasteiger partial charge is 0.213 e. The number of ether oxygens (including phenoxy) is 1. The van der Waals surface area contributed by atoms with Crippen LogP contribution in [0.3, 0.4) is 0 Å². The van der Waals surface area contributed by atoms with Gasteiger partial charge in [-0.05, 0) is 42.5 Å². The number of halogens is 1. The van der Waals surface area contributed by atoms with E-state index in [4.69, 9.17) is 4.74 Å². The molecule has 0 atom stereocenters. The normalized spacial score (nSPS) is 13.9. The van der Waals surface area contributed by atoms with E-state index in [0.717, 1.165) is 37.1 Å². The quantitative estimate of drug-likeness (QED) is 0.365. The van der Waals surface area contributed by atoms with Crippen LogP contribution in [0.25, 0.3) is 0 Å². The lowest BCUT2D eigenvalue weighted by atomic mass is 10.2. The van der Waals surface area contributed by atoms with Crippen molar-refractivity contribution in [1.82, 2.24) is 20.2 Å². The number of rotatable bonds is 8. The van der Waals surface area contributed by atoms with Gasteiger partial charge in [0, 0.05) is 51.3 Å². The van der Waals surface area contributed by atoms with Gasteiger partial charge >= 0.3 is 0 Å². The molecule has 6 nitrogen and oxygen atoms in total. The number of hydrogen-bond acceptors (Lipinski definition) is 3. The summed E-state index contributed by atoms with van der Waals surface area (Å²) >= 11 is 0. The molecule has 2 aromatic heterocycles. The third-order valence-electron chi connectivity index (χ3n) is 3.98. The third kappa shape index (κ3) is 6.93. The van der Waals surface area contributed by atoms with E-state index in [0.29, 0.717) is 12.4 Å². The van der Waals surface area contributed by atoms with Crippen molar-refractivity contribution in [2.45, 2.75) is 25.9 Å². The molecule has 136 valence electrons. The second-order valence-corrected chi connectivity index (χ2v) is 6.03. The fourth-order valence-corrected chi connectivity index (χ4v) is 2.36. The van der Waals surface area contributed by atoms with Crippen LogP contribution in [0.5, 0.6) is 5.88 Å². The molecule has 0 aromatic carbocycles. The lowest BCUT2D eigenvalue weighted by molar-refractivity contribution is 0.288. The minimum absolute atomic E-state index is 0. The van der Waals surface area contributed by atoms with E-state index in [2.05, 4.69) is 37.6 Å². The Kier molecular flexibility index (Phi) is 8.03. The summed E-state index contributed by atoms with van der Waals surface area (Å²) in [7, 11) is 1.78. The maximum atomic E-state index is 5.72. The molecule has 0 spiro atoms. The van der Waals surface area contributed by atoms with Crippen molar-refractivity contribution in [3.8, 4) is 5.88 Å². The minimum Gasteiger partial charge on any atom is -0.477 e. The first-order valence-electron chi connectivity index (χ1n) is 8.46. The highest BCUT2D eigenvalue weighted by Crippen LogP contribution is 2.29. The van der Waals surface area contributed by atoms with E-state index in [1.54, 1.807) is 13.2 Å². The average molecular weight is 455 g/mol. The van der Waals surface area contributed by atoms with Crippen LogP contribution < -0.4 is 15.4 Å². The van der Waals surface area contributed by atoms with Crippen molar-refractivity contribution in [2.75, 3.05) is 20.2 Å². The van der Waals surface area contributed by atoms with Gasteiger partial charge < -0.3 is 19.9 Å². The monoisotopic (exact) mass is 455 g/mol. The Morgan fingerprint density at radius 3 is 2.84 bits per heavy atom. The molecule has 2 heterocycles. The van der Waals surface area contributed by atoms with E-state index in [-0.39, 0.29) is 24.0 Å². The highest BCUT2D eigenvalue weighted by Gasteiger charge is 2.22. The first-order chi connectivity index (χ1) is 11.8. The van der Waals surface area contributed by atoms with E-state index >= 15 is 0 Å². The van der Waals surface area contributed by atoms with Gasteiger partial charge in [-0.15, -0.1) is 24.0 Å². The largest absolute Gasteiger partial charge is 0.477 e. The van der Waals surface area contributed by atoms with Crippen LogP contribution >= 0.6 is 24.0 Å². The van der Waals surface area contributed by atoms with Gasteiger partial charge in [-0.25, -0.2) is 4.98 Å². The number of guanidine groups is 1. The third-order valence-corrected chi connectivity index (χ3v) is 3.98. The summed E-state index contributed by atoms with van der Waals surface area (Å²) in [6, 6.07) is 8.03. The summed E-state index contributed by atoms with van der Waals surface area (Å²) < 4.78 is 7.85. The van der Waals surface area contributed by atoms with Crippen molar-refractivity contribution in [3.05, 3.63) is 48.4 Å².